The molecule has 0 aromatic heterocycles. The lowest BCUT2D eigenvalue weighted by atomic mass is 9.75. The van der Waals surface area contributed by atoms with Crippen molar-refractivity contribution < 1.29 is 57.9 Å². The predicted molar refractivity (Wildman–Crippen MR) is 189 cm³/mol. The van der Waals surface area contributed by atoms with Crippen molar-refractivity contribution in [1.29, 1.82) is 0 Å². The normalized spacial score (nSPS) is 31.4. The van der Waals surface area contributed by atoms with Crippen LogP contribution in [0, 0.1) is 5.92 Å². The van der Waals surface area contributed by atoms with Gasteiger partial charge in [0.2, 0.25) is 0 Å². The third kappa shape index (κ3) is 7.95. The summed E-state index contributed by atoms with van der Waals surface area (Å²) < 4.78 is 29.6. The molecule has 1 saturated carbocycles. The molecular weight excluding hydrogens is 674 g/mol. The Bertz CT molecular complexity index is 1640. The average molecular weight is 726 g/mol. The van der Waals surface area contributed by atoms with Gasteiger partial charge in [-0.1, -0.05) is 50.8 Å². The van der Waals surface area contributed by atoms with E-state index in [1.807, 2.05) is 0 Å². The van der Waals surface area contributed by atoms with E-state index in [0.717, 1.165) is 45.6 Å². The number of rotatable bonds is 13. The fraction of sp³-hybridized carbons (Fsp3) is 0.564. The number of carbonyl (C=O) groups is 5. The first-order valence-electron chi connectivity index (χ1n) is 17.7. The summed E-state index contributed by atoms with van der Waals surface area (Å²) in [5.41, 5.74) is 0.430. The SMILES string of the molecule is C/C=C(/C)C(=O)O[C@H]1C(C)=C2[C@H]([C@@H]1OC(=O)CCCCCCC)[C@@](C)(OC(C)=O)C[C@H](OC(=O)/C=C/c1ccc(N)cc1)[C@@]1(O)[C@H]2OC(=O)[C@@]1(C)O. The van der Waals surface area contributed by atoms with E-state index in [-0.39, 0.29) is 23.1 Å². The Morgan fingerprint density at radius 1 is 1.00 bits per heavy atom. The molecule has 0 bridgehead atoms. The highest BCUT2D eigenvalue weighted by atomic mass is 16.6. The molecule has 2 aliphatic carbocycles. The number of hydrogen-bond acceptors (Lipinski definition) is 13. The molecule has 0 unspecified atom stereocenters. The van der Waals surface area contributed by atoms with E-state index in [0.29, 0.717) is 17.7 Å². The lowest BCUT2D eigenvalue weighted by Gasteiger charge is -2.41. The van der Waals surface area contributed by atoms with Gasteiger partial charge in [-0.3, -0.25) is 9.59 Å². The second-order valence-corrected chi connectivity index (χ2v) is 14.3. The lowest BCUT2D eigenvalue weighted by Crippen LogP contribution is -2.64. The zero-order valence-corrected chi connectivity index (χ0v) is 30.9. The fourth-order valence-electron chi connectivity index (χ4n) is 7.43. The van der Waals surface area contributed by atoms with Crippen molar-refractivity contribution in [2.24, 2.45) is 5.92 Å². The summed E-state index contributed by atoms with van der Waals surface area (Å²) in [4.78, 5) is 66.2. The minimum atomic E-state index is -2.66. The average Bonchev–Trinajstić information content (AvgIpc) is 3.41. The molecule has 1 aromatic rings. The van der Waals surface area contributed by atoms with Crippen LogP contribution < -0.4 is 5.73 Å². The zero-order chi connectivity index (χ0) is 38.6. The van der Waals surface area contributed by atoms with Crippen molar-refractivity contribution >= 4 is 41.6 Å². The number of ether oxygens (including phenoxy) is 5. The van der Waals surface area contributed by atoms with Gasteiger partial charge in [-0.2, -0.15) is 0 Å². The summed E-state index contributed by atoms with van der Waals surface area (Å²) in [6, 6.07) is 6.62. The molecule has 52 heavy (non-hydrogen) atoms. The highest BCUT2D eigenvalue weighted by molar-refractivity contribution is 5.89. The summed E-state index contributed by atoms with van der Waals surface area (Å²) in [5, 5.41) is 24.2. The van der Waals surface area contributed by atoms with Crippen LogP contribution >= 0.6 is 0 Å². The summed E-state index contributed by atoms with van der Waals surface area (Å²) in [6.07, 6.45) is 1.95. The molecule has 0 radical (unpaired) electrons. The van der Waals surface area contributed by atoms with Crippen LogP contribution in [-0.4, -0.2) is 81.3 Å². The first kappa shape index (κ1) is 40.3. The van der Waals surface area contributed by atoms with E-state index < -0.39 is 83.4 Å². The smallest absolute Gasteiger partial charge is 0.341 e. The van der Waals surface area contributed by atoms with Gasteiger partial charge >= 0.3 is 29.8 Å². The van der Waals surface area contributed by atoms with Crippen molar-refractivity contribution in [3.63, 3.8) is 0 Å². The molecule has 1 heterocycles. The second-order valence-electron chi connectivity index (χ2n) is 14.3. The molecule has 0 amide bonds. The molecule has 13 nitrogen and oxygen atoms in total. The first-order valence-corrected chi connectivity index (χ1v) is 17.7. The summed E-state index contributed by atoms with van der Waals surface area (Å²) in [7, 11) is 0. The molecule has 4 rings (SSSR count). The molecule has 1 aliphatic heterocycles. The van der Waals surface area contributed by atoms with Crippen LogP contribution in [0.15, 0.2) is 53.1 Å². The van der Waals surface area contributed by atoms with E-state index in [2.05, 4.69) is 6.92 Å². The predicted octanol–water partition coefficient (Wildman–Crippen LogP) is 4.42. The van der Waals surface area contributed by atoms with E-state index in [1.54, 1.807) is 51.1 Å². The van der Waals surface area contributed by atoms with E-state index >= 15 is 0 Å². The highest BCUT2D eigenvalue weighted by Crippen LogP contribution is 2.57. The first-order chi connectivity index (χ1) is 24.4. The number of carbonyl (C=O) groups excluding carboxylic acids is 5. The Hall–Kier alpha value is -4.49. The topological polar surface area (TPSA) is 198 Å². The molecular formula is C39H51NO12. The van der Waals surface area contributed by atoms with Crippen molar-refractivity contribution in [3.05, 3.63) is 58.7 Å². The Balaban J connectivity index is 1.84. The Morgan fingerprint density at radius 3 is 2.27 bits per heavy atom. The second kappa shape index (κ2) is 16.0. The Morgan fingerprint density at radius 2 is 1.65 bits per heavy atom. The minimum Gasteiger partial charge on any atom is -0.459 e. The van der Waals surface area contributed by atoms with E-state index in [4.69, 9.17) is 29.4 Å². The quantitative estimate of drug-likeness (QED) is 0.0646. The third-order valence-electron chi connectivity index (χ3n) is 10.4. The number of aliphatic hydroxyl groups is 2. The van der Waals surface area contributed by atoms with Crippen LogP contribution in [0.1, 0.15) is 99.0 Å². The molecule has 284 valence electrons. The minimum absolute atomic E-state index is 0.0534. The fourth-order valence-corrected chi connectivity index (χ4v) is 7.43. The Labute approximate surface area is 304 Å². The highest BCUT2D eigenvalue weighted by Gasteiger charge is 2.76. The molecule has 3 aliphatic rings. The zero-order valence-electron chi connectivity index (χ0n) is 30.9. The monoisotopic (exact) mass is 725 g/mol. The molecule has 8 atom stereocenters. The van der Waals surface area contributed by atoms with Crippen molar-refractivity contribution in [2.45, 2.75) is 135 Å². The number of nitrogens with two attached hydrogens (primary N) is 1. The van der Waals surface area contributed by atoms with Gasteiger partial charge in [-0.25, -0.2) is 14.4 Å². The van der Waals surface area contributed by atoms with Crippen LogP contribution in [0.5, 0.6) is 0 Å². The number of esters is 5. The van der Waals surface area contributed by atoms with Gasteiger partial charge in [-0.05, 0) is 76.0 Å². The van der Waals surface area contributed by atoms with Crippen molar-refractivity contribution in [3.8, 4) is 0 Å². The number of anilines is 1. The van der Waals surface area contributed by atoms with Gasteiger partial charge in [-0.15, -0.1) is 0 Å². The summed E-state index contributed by atoms with van der Waals surface area (Å²) in [6.45, 7) is 10.5. The summed E-state index contributed by atoms with van der Waals surface area (Å²) >= 11 is 0. The standard InChI is InChI=1S/C39H51NO12/c1-8-10-11-12-13-14-28(42)49-33-31-30(23(4)32(33)50-35(44)22(3)9-2)34-39(47,38(7,46)36(45)51-34)27(21-37(31,6)52-24(5)41)48-29(43)20-17-25-15-18-26(40)19-16-25/h9,15-20,27,31-34,46-47H,8,10-14,21,40H2,1-7H3/b20-17+,22-9-/t27-,31+,32-,33-,34-,37-,38+,39+/m0/s1. The summed E-state index contributed by atoms with van der Waals surface area (Å²) in [5.74, 6) is -5.44. The van der Waals surface area contributed by atoms with Crippen LogP contribution in [0.4, 0.5) is 5.69 Å². The van der Waals surface area contributed by atoms with Crippen LogP contribution in [0.2, 0.25) is 0 Å². The van der Waals surface area contributed by atoms with Gasteiger partial charge in [0.05, 0.1) is 5.92 Å². The number of benzene rings is 1. The molecule has 1 aromatic carbocycles. The maximum atomic E-state index is 13.5. The van der Waals surface area contributed by atoms with E-state index in [1.165, 1.54) is 13.0 Å². The number of unbranched alkanes of at least 4 members (excludes halogenated alkanes) is 4. The van der Waals surface area contributed by atoms with Crippen molar-refractivity contribution in [1.82, 2.24) is 0 Å². The van der Waals surface area contributed by atoms with Gasteiger partial charge in [0.15, 0.2) is 29.5 Å². The van der Waals surface area contributed by atoms with Crippen molar-refractivity contribution in [2.75, 3.05) is 5.73 Å². The van der Waals surface area contributed by atoms with Gasteiger partial charge in [0.25, 0.3) is 0 Å². The third-order valence-corrected chi connectivity index (χ3v) is 10.4. The van der Waals surface area contributed by atoms with Gasteiger partial charge in [0.1, 0.15) is 11.7 Å². The molecule has 13 heteroatoms. The van der Waals surface area contributed by atoms with Crippen LogP contribution in [0.3, 0.4) is 0 Å². The van der Waals surface area contributed by atoms with E-state index in [9.17, 15) is 34.2 Å². The lowest BCUT2D eigenvalue weighted by molar-refractivity contribution is -0.209. The number of fused-ring (bicyclic) bond motifs is 3. The number of hydrogen-bond donors (Lipinski definition) is 3. The number of nitrogen functional groups attached to an aromatic ring is 1. The van der Waals surface area contributed by atoms with Gasteiger partial charge < -0.3 is 39.6 Å². The maximum absolute atomic E-state index is 13.5. The molecule has 2 fully saturated rings. The maximum Gasteiger partial charge on any atom is 0.341 e. The molecule has 0 spiro atoms. The van der Waals surface area contributed by atoms with Crippen LogP contribution in [0.25, 0.3) is 6.08 Å². The van der Waals surface area contributed by atoms with Gasteiger partial charge in [0, 0.05) is 37.1 Å². The molecule has 4 N–H and O–H groups in total. The van der Waals surface area contributed by atoms with Crippen LogP contribution in [-0.2, 0) is 47.7 Å². The Kier molecular flexibility index (Phi) is 12.4. The number of allylic oxidation sites excluding steroid dienone is 1. The largest absolute Gasteiger partial charge is 0.459 e. The molecule has 1 saturated heterocycles.